The van der Waals surface area contributed by atoms with Crippen LogP contribution in [0.1, 0.15) is 11.1 Å². The normalized spacial score (nSPS) is 10.9. The SMILES string of the molecule is Cc1cc(C)cc(OCCn2cnc3ccc(Br)cc3c2=O)c1. The van der Waals surface area contributed by atoms with Gasteiger partial charge in [-0.15, -0.1) is 0 Å². The molecule has 0 bridgehead atoms. The van der Waals surface area contributed by atoms with Crippen LogP contribution >= 0.6 is 15.9 Å². The van der Waals surface area contributed by atoms with Gasteiger partial charge in [0.25, 0.3) is 5.56 Å². The van der Waals surface area contributed by atoms with Crippen molar-refractivity contribution in [3.05, 3.63) is 68.7 Å². The van der Waals surface area contributed by atoms with E-state index in [1.54, 1.807) is 17.0 Å². The van der Waals surface area contributed by atoms with E-state index in [0.717, 1.165) is 21.3 Å². The third kappa shape index (κ3) is 3.62. The van der Waals surface area contributed by atoms with Gasteiger partial charge in [-0.05, 0) is 55.3 Å². The number of nitrogens with zero attached hydrogens (tertiary/aromatic N) is 2. The molecule has 2 aromatic carbocycles. The first-order valence-corrected chi connectivity index (χ1v) is 8.18. The highest BCUT2D eigenvalue weighted by atomic mass is 79.9. The molecule has 1 aromatic heterocycles. The second-order valence-corrected chi connectivity index (χ2v) is 6.49. The Hall–Kier alpha value is -2.14. The number of benzene rings is 2. The summed E-state index contributed by atoms with van der Waals surface area (Å²) in [7, 11) is 0. The van der Waals surface area contributed by atoms with E-state index in [2.05, 4.69) is 27.0 Å². The highest BCUT2D eigenvalue weighted by Crippen LogP contribution is 2.17. The molecular weight excluding hydrogens is 356 g/mol. The Morgan fingerprint density at radius 3 is 2.61 bits per heavy atom. The highest BCUT2D eigenvalue weighted by molar-refractivity contribution is 9.10. The number of rotatable bonds is 4. The molecule has 0 unspecified atom stereocenters. The molecule has 0 amide bonds. The van der Waals surface area contributed by atoms with E-state index in [4.69, 9.17) is 4.74 Å². The van der Waals surface area contributed by atoms with Gasteiger partial charge in [-0.2, -0.15) is 0 Å². The average molecular weight is 373 g/mol. The summed E-state index contributed by atoms with van der Waals surface area (Å²) in [6.45, 7) is 4.95. The fraction of sp³-hybridized carbons (Fsp3) is 0.222. The number of aromatic nitrogens is 2. The minimum absolute atomic E-state index is 0.0553. The third-order valence-electron chi connectivity index (χ3n) is 3.58. The minimum atomic E-state index is -0.0553. The number of hydrogen-bond acceptors (Lipinski definition) is 3. The van der Waals surface area contributed by atoms with Crippen molar-refractivity contribution in [3.63, 3.8) is 0 Å². The van der Waals surface area contributed by atoms with Gasteiger partial charge in [-0.25, -0.2) is 4.98 Å². The van der Waals surface area contributed by atoms with Crippen molar-refractivity contribution >= 4 is 26.8 Å². The van der Waals surface area contributed by atoms with Crippen molar-refractivity contribution in [1.29, 1.82) is 0 Å². The zero-order valence-electron chi connectivity index (χ0n) is 13.0. The van der Waals surface area contributed by atoms with E-state index < -0.39 is 0 Å². The van der Waals surface area contributed by atoms with E-state index in [0.29, 0.717) is 24.1 Å². The van der Waals surface area contributed by atoms with Crippen LogP contribution in [0.5, 0.6) is 5.75 Å². The van der Waals surface area contributed by atoms with Crippen molar-refractivity contribution in [2.24, 2.45) is 0 Å². The van der Waals surface area contributed by atoms with Gasteiger partial charge in [0.1, 0.15) is 12.4 Å². The van der Waals surface area contributed by atoms with E-state index in [9.17, 15) is 4.79 Å². The Balaban J connectivity index is 1.77. The lowest BCUT2D eigenvalue weighted by Crippen LogP contribution is -2.23. The molecule has 0 spiro atoms. The van der Waals surface area contributed by atoms with E-state index in [1.165, 1.54) is 0 Å². The Kier molecular flexibility index (Phi) is 4.48. The molecule has 0 aliphatic heterocycles. The van der Waals surface area contributed by atoms with Crippen LogP contribution in [0.2, 0.25) is 0 Å². The number of hydrogen-bond donors (Lipinski definition) is 0. The number of halogens is 1. The molecule has 1 heterocycles. The smallest absolute Gasteiger partial charge is 0.261 e. The van der Waals surface area contributed by atoms with Crippen molar-refractivity contribution in [2.75, 3.05) is 6.61 Å². The lowest BCUT2D eigenvalue weighted by Gasteiger charge is -2.10. The van der Waals surface area contributed by atoms with Crippen LogP contribution < -0.4 is 10.3 Å². The van der Waals surface area contributed by atoms with Gasteiger partial charge in [-0.3, -0.25) is 9.36 Å². The summed E-state index contributed by atoms with van der Waals surface area (Å²) in [5, 5.41) is 0.605. The number of ether oxygens (including phenoxy) is 1. The van der Waals surface area contributed by atoms with Crippen molar-refractivity contribution < 1.29 is 4.74 Å². The predicted octanol–water partition coefficient (Wildman–Crippen LogP) is 3.85. The molecule has 4 nitrogen and oxygen atoms in total. The molecule has 0 atom stereocenters. The largest absolute Gasteiger partial charge is 0.492 e. The first-order valence-electron chi connectivity index (χ1n) is 7.39. The van der Waals surface area contributed by atoms with Crippen LogP contribution in [0.3, 0.4) is 0 Å². The fourth-order valence-corrected chi connectivity index (χ4v) is 2.93. The molecule has 0 aliphatic carbocycles. The molecule has 23 heavy (non-hydrogen) atoms. The number of aryl methyl sites for hydroxylation is 2. The van der Waals surface area contributed by atoms with Gasteiger partial charge in [-0.1, -0.05) is 22.0 Å². The van der Waals surface area contributed by atoms with Crippen molar-refractivity contribution in [2.45, 2.75) is 20.4 Å². The minimum Gasteiger partial charge on any atom is -0.492 e. The molecule has 118 valence electrons. The zero-order chi connectivity index (χ0) is 16.4. The maximum absolute atomic E-state index is 12.5. The molecule has 3 aromatic rings. The van der Waals surface area contributed by atoms with E-state index in [-0.39, 0.29) is 5.56 Å². The van der Waals surface area contributed by atoms with Gasteiger partial charge in [0.05, 0.1) is 23.8 Å². The predicted molar refractivity (Wildman–Crippen MR) is 95.1 cm³/mol. The summed E-state index contributed by atoms with van der Waals surface area (Å²) in [6, 6.07) is 11.6. The lowest BCUT2D eigenvalue weighted by atomic mass is 10.1. The van der Waals surface area contributed by atoms with E-state index >= 15 is 0 Å². The molecule has 0 fully saturated rings. The van der Waals surface area contributed by atoms with Crippen LogP contribution in [0.4, 0.5) is 0 Å². The van der Waals surface area contributed by atoms with Crippen LogP contribution in [0.25, 0.3) is 10.9 Å². The Morgan fingerprint density at radius 2 is 1.87 bits per heavy atom. The molecule has 0 saturated carbocycles. The van der Waals surface area contributed by atoms with Crippen molar-refractivity contribution in [3.8, 4) is 5.75 Å². The summed E-state index contributed by atoms with van der Waals surface area (Å²) < 4.78 is 8.22. The summed E-state index contributed by atoms with van der Waals surface area (Å²) in [4.78, 5) is 16.8. The summed E-state index contributed by atoms with van der Waals surface area (Å²) in [5.74, 6) is 0.826. The fourth-order valence-electron chi connectivity index (χ4n) is 2.57. The first kappa shape index (κ1) is 15.7. The zero-order valence-corrected chi connectivity index (χ0v) is 14.6. The molecule has 0 aliphatic rings. The second-order valence-electron chi connectivity index (χ2n) is 5.58. The topological polar surface area (TPSA) is 44.1 Å². The summed E-state index contributed by atoms with van der Waals surface area (Å²) in [6.07, 6.45) is 1.57. The monoisotopic (exact) mass is 372 g/mol. The third-order valence-corrected chi connectivity index (χ3v) is 4.08. The molecule has 0 N–H and O–H groups in total. The Labute approximate surface area is 142 Å². The second kappa shape index (κ2) is 6.54. The van der Waals surface area contributed by atoms with Gasteiger partial charge in [0.15, 0.2) is 0 Å². The molecule has 0 saturated heterocycles. The summed E-state index contributed by atoms with van der Waals surface area (Å²) in [5.41, 5.74) is 2.97. The number of fused-ring (bicyclic) bond motifs is 1. The van der Waals surface area contributed by atoms with Gasteiger partial charge >= 0.3 is 0 Å². The molecule has 5 heteroatoms. The Bertz CT molecular complexity index is 898. The van der Waals surface area contributed by atoms with Gasteiger partial charge in [0, 0.05) is 4.47 Å². The molecule has 3 rings (SSSR count). The lowest BCUT2D eigenvalue weighted by molar-refractivity contribution is 0.295. The quantitative estimate of drug-likeness (QED) is 0.698. The molecular formula is C18H17BrN2O2. The van der Waals surface area contributed by atoms with Crippen LogP contribution in [0, 0.1) is 13.8 Å². The standard InChI is InChI=1S/C18H17BrN2O2/c1-12-7-13(2)9-15(8-12)23-6-5-21-11-20-17-4-3-14(19)10-16(17)18(21)22/h3-4,7-11H,5-6H2,1-2H3. The first-order chi connectivity index (χ1) is 11.0. The van der Waals surface area contributed by atoms with Gasteiger partial charge in [0.2, 0.25) is 0 Å². The summed E-state index contributed by atoms with van der Waals surface area (Å²) >= 11 is 3.39. The maximum Gasteiger partial charge on any atom is 0.261 e. The average Bonchev–Trinajstić information content (AvgIpc) is 2.49. The van der Waals surface area contributed by atoms with E-state index in [1.807, 2.05) is 38.1 Å². The molecule has 0 radical (unpaired) electrons. The van der Waals surface area contributed by atoms with Crippen LogP contribution in [0.15, 0.2) is 52.0 Å². The van der Waals surface area contributed by atoms with Gasteiger partial charge < -0.3 is 4.74 Å². The van der Waals surface area contributed by atoms with Crippen LogP contribution in [-0.4, -0.2) is 16.2 Å². The highest BCUT2D eigenvalue weighted by Gasteiger charge is 2.05. The Morgan fingerprint density at radius 1 is 1.13 bits per heavy atom. The maximum atomic E-state index is 12.5. The van der Waals surface area contributed by atoms with Crippen LogP contribution in [-0.2, 0) is 6.54 Å². The van der Waals surface area contributed by atoms with Crippen molar-refractivity contribution in [1.82, 2.24) is 9.55 Å².